The van der Waals surface area contributed by atoms with Gasteiger partial charge in [-0.1, -0.05) is 0 Å². The van der Waals surface area contributed by atoms with Crippen molar-refractivity contribution in [1.82, 2.24) is 14.5 Å². The first kappa shape index (κ1) is 18.0. The molecule has 1 fully saturated rings. The SMILES string of the molecule is Cn1c(C(N)=O)nc2c1CN([C@H]1CO[C@@H](c3cc(F)ccc3F)[C@@H](N)C1)C2. The molecule has 2 aromatic rings. The number of imidazole rings is 1. The van der Waals surface area contributed by atoms with E-state index in [0.717, 1.165) is 29.6 Å². The Morgan fingerprint density at radius 1 is 1.33 bits per heavy atom. The molecule has 3 atom stereocenters. The van der Waals surface area contributed by atoms with Gasteiger partial charge in [-0.15, -0.1) is 0 Å². The van der Waals surface area contributed by atoms with Crippen molar-refractivity contribution in [3.63, 3.8) is 0 Å². The average molecular weight is 377 g/mol. The quantitative estimate of drug-likeness (QED) is 0.830. The number of hydrogen-bond acceptors (Lipinski definition) is 5. The summed E-state index contributed by atoms with van der Waals surface area (Å²) in [4.78, 5) is 17.9. The predicted octanol–water partition coefficient (Wildman–Crippen LogP) is 0.970. The number of benzene rings is 1. The van der Waals surface area contributed by atoms with Crippen molar-refractivity contribution in [1.29, 1.82) is 0 Å². The molecular weight excluding hydrogens is 356 g/mol. The van der Waals surface area contributed by atoms with E-state index in [1.165, 1.54) is 0 Å². The Labute approximate surface area is 154 Å². The van der Waals surface area contributed by atoms with E-state index in [1.807, 2.05) is 0 Å². The molecule has 2 aliphatic heterocycles. The number of halogens is 2. The molecule has 1 saturated heterocycles. The number of nitrogens with two attached hydrogens (primary N) is 2. The van der Waals surface area contributed by atoms with Gasteiger partial charge in [-0.2, -0.15) is 0 Å². The molecule has 0 unspecified atom stereocenters. The monoisotopic (exact) mass is 377 g/mol. The van der Waals surface area contributed by atoms with Crippen LogP contribution in [0.5, 0.6) is 0 Å². The summed E-state index contributed by atoms with van der Waals surface area (Å²) in [5.74, 6) is -1.35. The number of ether oxygens (including phenoxy) is 1. The Morgan fingerprint density at radius 2 is 2.11 bits per heavy atom. The van der Waals surface area contributed by atoms with Gasteiger partial charge >= 0.3 is 0 Å². The number of nitrogens with zero attached hydrogens (tertiary/aromatic N) is 3. The number of rotatable bonds is 3. The van der Waals surface area contributed by atoms with Crippen LogP contribution in [0.2, 0.25) is 0 Å². The van der Waals surface area contributed by atoms with Gasteiger partial charge in [0.2, 0.25) is 0 Å². The van der Waals surface area contributed by atoms with Gasteiger partial charge in [0.1, 0.15) is 17.7 Å². The van der Waals surface area contributed by atoms with Gasteiger partial charge in [0.25, 0.3) is 5.91 Å². The third-order valence-corrected chi connectivity index (χ3v) is 5.40. The number of amides is 1. The Balaban J connectivity index is 1.46. The van der Waals surface area contributed by atoms with Crippen molar-refractivity contribution in [2.45, 2.75) is 37.7 Å². The Hall–Kier alpha value is -2.36. The molecule has 7 nitrogen and oxygen atoms in total. The molecule has 1 amide bonds. The van der Waals surface area contributed by atoms with Crippen LogP contribution < -0.4 is 11.5 Å². The van der Waals surface area contributed by atoms with Gasteiger partial charge in [-0.25, -0.2) is 13.8 Å². The normalized spacial score (nSPS) is 25.6. The molecule has 0 saturated carbocycles. The molecule has 1 aromatic heterocycles. The lowest BCUT2D eigenvalue weighted by Gasteiger charge is -2.38. The standard InChI is InChI=1S/C18H21F2N5O2/c1-24-15-7-25(6-14(15)23-18(24)17(22)26)10-5-13(21)16(27-8-10)11-4-9(19)2-3-12(11)20/h2-4,10,13,16H,5-8,21H2,1H3,(H2,22,26)/t10-,13+,16+/m1/s1. The van der Waals surface area contributed by atoms with Crippen LogP contribution in [0, 0.1) is 11.6 Å². The molecule has 0 spiro atoms. The maximum atomic E-state index is 14.0. The van der Waals surface area contributed by atoms with Gasteiger partial charge < -0.3 is 20.8 Å². The second-order valence-corrected chi connectivity index (χ2v) is 7.13. The number of hydrogen-bond donors (Lipinski definition) is 2. The highest BCUT2D eigenvalue weighted by atomic mass is 19.1. The Kier molecular flexibility index (Phi) is 4.45. The summed E-state index contributed by atoms with van der Waals surface area (Å²) < 4.78 is 35.1. The van der Waals surface area contributed by atoms with E-state index >= 15 is 0 Å². The van der Waals surface area contributed by atoms with E-state index in [0.29, 0.717) is 26.1 Å². The molecule has 27 heavy (non-hydrogen) atoms. The molecule has 3 heterocycles. The fourth-order valence-corrected chi connectivity index (χ4v) is 3.98. The highest BCUT2D eigenvalue weighted by Gasteiger charge is 2.38. The number of carbonyl (C=O) groups excluding carboxylic acids is 1. The van der Waals surface area contributed by atoms with Crippen molar-refractivity contribution >= 4 is 5.91 Å². The molecule has 144 valence electrons. The van der Waals surface area contributed by atoms with Crippen LogP contribution >= 0.6 is 0 Å². The third-order valence-electron chi connectivity index (χ3n) is 5.40. The van der Waals surface area contributed by atoms with Gasteiger partial charge in [-0.3, -0.25) is 9.69 Å². The van der Waals surface area contributed by atoms with Gasteiger partial charge in [-0.05, 0) is 24.6 Å². The lowest BCUT2D eigenvalue weighted by Crippen LogP contribution is -2.48. The highest BCUT2D eigenvalue weighted by Crippen LogP contribution is 2.34. The van der Waals surface area contributed by atoms with Crippen LogP contribution in [0.3, 0.4) is 0 Å². The van der Waals surface area contributed by atoms with Crippen LogP contribution in [0.4, 0.5) is 8.78 Å². The summed E-state index contributed by atoms with van der Waals surface area (Å²) in [6.45, 7) is 1.52. The van der Waals surface area contributed by atoms with E-state index < -0.39 is 29.7 Å². The molecular formula is C18H21F2N5O2. The van der Waals surface area contributed by atoms with Crippen LogP contribution in [-0.4, -0.2) is 39.0 Å². The van der Waals surface area contributed by atoms with Gasteiger partial charge in [0.15, 0.2) is 5.82 Å². The maximum Gasteiger partial charge on any atom is 0.284 e. The van der Waals surface area contributed by atoms with Crippen molar-refractivity contribution in [3.8, 4) is 0 Å². The molecule has 9 heteroatoms. The molecule has 4 rings (SSSR count). The molecule has 0 aliphatic carbocycles. The summed E-state index contributed by atoms with van der Waals surface area (Å²) in [5, 5.41) is 0. The average Bonchev–Trinajstić information content (AvgIpc) is 3.17. The number of carbonyl (C=O) groups is 1. The fourth-order valence-electron chi connectivity index (χ4n) is 3.98. The van der Waals surface area contributed by atoms with E-state index in [2.05, 4.69) is 9.88 Å². The minimum absolute atomic E-state index is 0.0269. The minimum Gasteiger partial charge on any atom is -0.370 e. The van der Waals surface area contributed by atoms with Crippen molar-refractivity contribution < 1.29 is 18.3 Å². The number of fused-ring (bicyclic) bond motifs is 1. The van der Waals surface area contributed by atoms with Crippen molar-refractivity contribution in [2.75, 3.05) is 6.61 Å². The van der Waals surface area contributed by atoms with Gasteiger partial charge in [0, 0.05) is 37.8 Å². The lowest BCUT2D eigenvalue weighted by atomic mass is 9.93. The summed E-state index contributed by atoms with van der Waals surface area (Å²) in [5.41, 5.74) is 13.5. The third kappa shape index (κ3) is 3.11. The zero-order valence-electron chi connectivity index (χ0n) is 14.9. The summed E-state index contributed by atoms with van der Waals surface area (Å²) in [6, 6.07) is 2.87. The second kappa shape index (κ2) is 6.66. The first-order chi connectivity index (χ1) is 12.8. The van der Waals surface area contributed by atoms with Crippen LogP contribution in [-0.2, 0) is 24.9 Å². The highest BCUT2D eigenvalue weighted by molar-refractivity contribution is 5.89. The van der Waals surface area contributed by atoms with E-state index in [1.54, 1.807) is 11.6 Å². The summed E-state index contributed by atoms with van der Waals surface area (Å²) >= 11 is 0. The van der Waals surface area contributed by atoms with Gasteiger partial charge in [0.05, 0.1) is 18.0 Å². The van der Waals surface area contributed by atoms with Crippen LogP contribution in [0.25, 0.3) is 0 Å². The van der Waals surface area contributed by atoms with Crippen molar-refractivity contribution in [2.24, 2.45) is 18.5 Å². The second-order valence-electron chi connectivity index (χ2n) is 7.13. The Bertz CT molecular complexity index is 900. The van der Waals surface area contributed by atoms with E-state index in [9.17, 15) is 13.6 Å². The van der Waals surface area contributed by atoms with E-state index in [4.69, 9.17) is 16.2 Å². The maximum absolute atomic E-state index is 14.0. The summed E-state index contributed by atoms with van der Waals surface area (Å²) in [7, 11) is 1.77. The molecule has 0 radical (unpaired) electrons. The fraction of sp³-hybridized carbons (Fsp3) is 0.444. The minimum atomic E-state index is -0.679. The first-order valence-electron chi connectivity index (χ1n) is 8.75. The predicted molar refractivity (Wildman–Crippen MR) is 92.4 cm³/mol. The van der Waals surface area contributed by atoms with E-state index in [-0.39, 0.29) is 17.4 Å². The molecule has 4 N–H and O–H groups in total. The zero-order valence-corrected chi connectivity index (χ0v) is 14.9. The number of aromatic nitrogens is 2. The smallest absolute Gasteiger partial charge is 0.284 e. The largest absolute Gasteiger partial charge is 0.370 e. The molecule has 2 aliphatic rings. The first-order valence-corrected chi connectivity index (χ1v) is 8.75. The Morgan fingerprint density at radius 3 is 2.78 bits per heavy atom. The number of primary amides is 1. The van der Waals surface area contributed by atoms with Crippen LogP contribution in [0.1, 0.15) is 40.1 Å². The summed E-state index contributed by atoms with van der Waals surface area (Å²) in [6.07, 6.45) is -0.0985. The zero-order chi connectivity index (χ0) is 19.3. The molecule has 1 aromatic carbocycles. The lowest BCUT2D eigenvalue weighted by molar-refractivity contribution is -0.0535. The van der Waals surface area contributed by atoms with Crippen LogP contribution in [0.15, 0.2) is 18.2 Å². The van der Waals surface area contributed by atoms with Crippen molar-refractivity contribution in [3.05, 3.63) is 52.6 Å². The molecule has 0 bridgehead atoms. The topological polar surface area (TPSA) is 99.4 Å².